The maximum atomic E-state index is 16.3. The van der Waals surface area contributed by atoms with E-state index < -0.39 is 42.3 Å². The first-order valence-corrected chi connectivity index (χ1v) is 22.6. The predicted octanol–water partition coefficient (Wildman–Crippen LogP) is 5.86. The maximum absolute atomic E-state index is 16.3. The van der Waals surface area contributed by atoms with Gasteiger partial charge in [-0.15, -0.1) is 22.4 Å². The quantitative estimate of drug-likeness (QED) is 0.0586. The molecule has 1 saturated heterocycles. The summed E-state index contributed by atoms with van der Waals surface area (Å²) in [4.78, 5) is 39.3. The Hall–Kier alpha value is -7.51. The Kier molecular flexibility index (Phi) is 9.79. The fraction of sp³-hybridized carbons (Fsp3) is 0.465. The smallest absolute Gasteiger partial charge is 0.446 e. The van der Waals surface area contributed by atoms with E-state index in [-0.39, 0.29) is 64.9 Å². The number of nitrogens with one attached hydrogen (secondary N) is 6. The lowest BCUT2D eigenvalue weighted by Crippen LogP contribution is -2.68. The highest BCUT2D eigenvalue weighted by Crippen LogP contribution is 2.57. The summed E-state index contributed by atoms with van der Waals surface area (Å²) in [7, 11) is 1.77. The van der Waals surface area contributed by atoms with Gasteiger partial charge in [0.05, 0.1) is 24.2 Å². The average molecular weight is 958 g/mol. The van der Waals surface area contributed by atoms with E-state index in [0.29, 0.717) is 35.6 Å². The van der Waals surface area contributed by atoms with E-state index >= 15 is 4.39 Å². The standard InChI is InChI=1S/C43H44F4N16O6/c1-41(5-6-41)54-39(64)68-29-20-66-36(35(29)44)27-12-32(53-38-51-25(23-17-50-60(2)19-23)11-31-48-7-8-61(31)38)63(58-27)34-18-49-37(28-13-33(59-62(28)34)69-43(45,46)47)52-30-10-26(56-57-30)22-3-4-24(9-22)67-40(65)55-42-14-21(15-42)16-42/h7-8,10-13,17-19,21-22,24,29,35-36H,3-6,9,14-16,20H2,1-2H3,(H5,48,49,51,52,53,54,55,56,57,58,59,64,65)/p+1/t21?,22-,24+,29-,35-,36-,42?/m0/s1. The van der Waals surface area contributed by atoms with Crippen molar-refractivity contribution in [3.05, 3.63) is 66.6 Å². The molecule has 2 amide bonds. The van der Waals surface area contributed by atoms with Crippen LogP contribution in [0.15, 0.2) is 55.2 Å². The molecule has 8 heterocycles. The van der Waals surface area contributed by atoms with Crippen molar-refractivity contribution in [1.82, 2.24) is 64.7 Å². The van der Waals surface area contributed by atoms with Gasteiger partial charge >= 0.3 is 18.5 Å². The monoisotopic (exact) mass is 957 g/mol. The molecule has 13 rings (SSSR count). The molecule has 6 N–H and O–H groups in total. The molecule has 2 bridgehead atoms. The highest BCUT2D eigenvalue weighted by Gasteiger charge is 2.58. The number of rotatable bonds is 13. The van der Waals surface area contributed by atoms with Crippen molar-refractivity contribution >= 4 is 46.8 Å². The SMILES string of the molecule is Cn1cc(-c2cc3nccn3c(Nc3cc([C@@H]4OC[C@H](OC(=O)NC5(C)CC5)[C@@H]4F)[nH][n+]3-c3cnc(Nc4cc([C@H]5CC[C@@H](OC(=O)NC67CC(C6)C7)C5)[nH]n4)c4cc(OC(F)(F)F)nn34)n2)cn1. The van der Waals surface area contributed by atoms with Crippen LogP contribution >= 0.6 is 0 Å². The summed E-state index contributed by atoms with van der Waals surface area (Å²) in [5.74, 6) is 0.747. The number of amides is 2. The van der Waals surface area contributed by atoms with Gasteiger partial charge in [0.25, 0.3) is 23.5 Å². The van der Waals surface area contributed by atoms with Crippen LogP contribution in [0.3, 0.4) is 0 Å². The molecule has 7 aromatic rings. The lowest BCUT2D eigenvalue weighted by Gasteiger charge is -2.61. The zero-order valence-corrected chi connectivity index (χ0v) is 37.0. The number of alkyl halides is 4. The third-order valence-electron chi connectivity index (χ3n) is 13.7. The van der Waals surface area contributed by atoms with E-state index in [9.17, 15) is 22.8 Å². The number of aryl methyl sites for hydroxylation is 1. The largest absolute Gasteiger partial charge is 0.574 e. The van der Waals surface area contributed by atoms with Crippen LogP contribution in [0, 0.1) is 5.92 Å². The minimum atomic E-state index is -5.10. The van der Waals surface area contributed by atoms with Crippen LogP contribution in [-0.2, 0) is 21.3 Å². The summed E-state index contributed by atoms with van der Waals surface area (Å²) in [6.45, 7) is 1.61. The third kappa shape index (κ3) is 8.24. The van der Waals surface area contributed by atoms with Gasteiger partial charge in [0, 0.05) is 78.2 Å². The molecule has 5 aliphatic carbocycles. The molecular formula is C43H45F4N16O6+. The van der Waals surface area contributed by atoms with E-state index in [1.165, 1.54) is 16.9 Å². The molecule has 0 unspecified atom stereocenters. The first kappa shape index (κ1) is 42.8. The number of aromatic nitrogens is 12. The Morgan fingerprint density at radius 3 is 2.58 bits per heavy atom. The van der Waals surface area contributed by atoms with Gasteiger partial charge in [-0.1, -0.05) is 5.10 Å². The number of hydrogen-bond acceptors (Lipinski definition) is 14. The summed E-state index contributed by atoms with van der Waals surface area (Å²) in [6.07, 6.45) is 3.70. The van der Waals surface area contributed by atoms with Gasteiger partial charge in [0.15, 0.2) is 29.4 Å². The van der Waals surface area contributed by atoms with Crippen molar-refractivity contribution in [2.75, 3.05) is 17.2 Å². The van der Waals surface area contributed by atoms with E-state index in [1.807, 2.05) is 6.92 Å². The fourth-order valence-corrected chi connectivity index (χ4v) is 9.80. The second-order valence-corrected chi connectivity index (χ2v) is 19.0. The predicted molar refractivity (Wildman–Crippen MR) is 231 cm³/mol. The second kappa shape index (κ2) is 15.8. The van der Waals surface area contributed by atoms with E-state index in [4.69, 9.17) is 19.2 Å². The van der Waals surface area contributed by atoms with Gasteiger partial charge in [0.2, 0.25) is 0 Å². The van der Waals surface area contributed by atoms with Crippen molar-refractivity contribution < 1.29 is 50.8 Å². The molecule has 5 atom stereocenters. The number of ether oxygens (including phenoxy) is 4. The van der Waals surface area contributed by atoms with E-state index in [0.717, 1.165) is 60.7 Å². The van der Waals surface area contributed by atoms with Crippen molar-refractivity contribution in [2.45, 2.75) is 106 Å². The molecule has 0 aromatic carbocycles. The van der Waals surface area contributed by atoms with Crippen LogP contribution in [0.4, 0.5) is 50.6 Å². The number of alkyl carbamates (subject to hydrolysis) is 2. The van der Waals surface area contributed by atoms with E-state index in [1.54, 1.807) is 53.1 Å². The number of fused-ring (bicyclic) bond motifs is 2. The lowest BCUT2D eigenvalue weighted by molar-refractivity contribution is -0.646. The molecule has 0 radical (unpaired) electrons. The Labute approximate surface area is 387 Å². The lowest BCUT2D eigenvalue weighted by atomic mass is 9.50. The molecule has 69 heavy (non-hydrogen) atoms. The van der Waals surface area contributed by atoms with Crippen LogP contribution in [0.1, 0.15) is 81.7 Å². The Bertz CT molecular complexity index is 3120. The van der Waals surface area contributed by atoms with E-state index in [2.05, 4.69) is 61.5 Å². The first-order chi connectivity index (χ1) is 33.1. The average Bonchev–Trinajstić information content (AvgIpc) is 4.06. The number of carbonyl (C=O) groups excluding carboxylic acids is 2. The van der Waals surface area contributed by atoms with Crippen molar-refractivity contribution in [3.8, 4) is 23.0 Å². The first-order valence-electron chi connectivity index (χ1n) is 22.6. The molecule has 5 saturated carbocycles. The van der Waals surface area contributed by atoms with Crippen molar-refractivity contribution in [1.29, 1.82) is 0 Å². The molecule has 0 spiro atoms. The fourth-order valence-electron chi connectivity index (χ4n) is 9.80. The number of halogens is 4. The van der Waals surface area contributed by atoms with Gasteiger partial charge in [-0.2, -0.15) is 15.2 Å². The number of aromatic amines is 2. The Balaban J connectivity index is 0.867. The zero-order valence-electron chi connectivity index (χ0n) is 37.0. The molecule has 26 heteroatoms. The number of carbonyl (C=O) groups is 2. The number of nitrogens with zero attached hydrogens (tertiary/aromatic N) is 10. The summed E-state index contributed by atoms with van der Waals surface area (Å²) in [5, 5.41) is 31.2. The summed E-state index contributed by atoms with van der Waals surface area (Å²) in [5.41, 5.74) is 2.19. The molecular weight excluding hydrogens is 913 g/mol. The summed E-state index contributed by atoms with van der Waals surface area (Å²) >= 11 is 0. The van der Waals surface area contributed by atoms with Crippen molar-refractivity contribution in [2.24, 2.45) is 13.0 Å². The minimum Gasteiger partial charge on any atom is -0.446 e. The van der Waals surface area contributed by atoms with Crippen LogP contribution in [0.2, 0.25) is 0 Å². The van der Waals surface area contributed by atoms with Gasteiger partial charge in [-0.25, -0.2) is 34.4 Å². The normalized spacial score (nSPS) is 25.5. The van der Waals surface area contributed by atoms with Gasteiger partial charge in [-0.05, 0) is 64.2 Å². The van der Waals surface area contributed by atoms with Crippen molar-refractivity contribution in [3.63, 3.8) is 0 Å². The van der Waals surface area contributed by atoms with Crippen LogP contribution in [0.5, 0.6) is 5.88 Å². The van der Waals surface area contributed by atoms with Crippen LogP contribution < -0.4 is 30.7 Å². The second-order valence-electron chi connectivity index (χ2n) is 19.0. The highest BCUT2D eigenvalue weighted by molar-refractivity contribution is 5.74. The Morgan fingerprint density at radius 1 is 1.00 bits per heavy atom. The molecule has 6 fully saturated rings. The van der Waals surface area contributed by atoms with Gasteiger partial charge < -0.3 is 34.9 Å². The Morgan fingerprint density at radius 2 is 1.83 bits per heavy atom. The minimum absolute atomic E-state index is 0.00311. The highest BCUT2D eigenvalue weighted by atomic mass is 19.4. The summed E-state index contributed by atoms with van der Waals surface area (Å²) < 4.78 is 84.9. The molecule has 7 aromatic heterocycles. The zero-order chi connectivity index (χ0) is 47.4. The number of anilines is 4. The van der Waals surface area contributed by atoms with Crippen LogP contribution in [-0.4, -0.2) is 109 Å². The number of hydrogen-bond donors (Lipinski definition) is 6. The summed E-state index contributed by atoms with van der Waals surface area (Å²) in [6, 6.07) is 6.14. The number of H-pyrrole nitrogens is 2. The topological polar surface area (TPSA) is 246 Å². The molecule has 1 aliphatic heterocycles. The van der Waals surface area contributed by atoms with Gasteiger partial charge in [0.1, 0.15) is 24.1 Å². The molecule has 6 aliphatic rings. The third-order valence-corrected chi connectivity index (χ3v) is 13.7. The van der Waals surface area contributed by atoms with Gasteiger partial charge in [-0.3, -0.25) is 14.2 Å². The molecule has 360 valence electrons. The number of imidazole rings is 1. The van der Waals surface area contributed by atoms with Crippen LogP contribution in [0.25, 0.3) is 28.2 Å². The molecule has 22 nitrogen and oxygen atoms in total. The maximum Gasteiger partial charge on any atom is 0.574 e.